The highest BCUT2D eigenvalue weighted by Gasteiger charge is 2.32. The van der Waals surface area contributed by atoms with Crippen molar-refractivity contribution < 1.29 is 9.59 Å². The quantitative estimate of drug-likeness (QED) is 0.700. The van der Waals surface area contributed by atoms with Gasteiger partial charge in [-0.3, -0.25) is 9.59 Å². The number of carbonyl (C=O) groups is 2. The average molecular weight is 263 g/mol. The van der Waals surface area contributed by atoms with E-state index in [9.17, 15) is 9.59 Å². The van der Waals surface area contributed by atoms with Gasteiger partial charge in [-0.15, -0.1) is 0 Å². The third kappa shape index (κ3) is 2.71. The molecule has 1 aliphatic rings. The van der Waals surface area contributed by atoms with Crippen LogP contribution in [0.1, 0.15) is 51.9 Å². The zero-order chi connectivity index (χ0) is 14.2. The van der Waals surface area contributed by atoms with E-state index in [1.165, 1.54) is 6.92 Å². The third-order valence-electron chi connectivity index (χ3n) is 3.78. The van der Waals surface area contributed by atoms with Crippen molar-refractivity contribution in [1.29, 1.82) is 0 Å². The largest absolute Gasteiger partial charge is 0.354 e. The molecule has 1 aromatic heterocycles. The van der Waals surface area contributed by atoms with Crippen molar-refractivity contribution in [3.8, 4) is 0 Å². The predicted octanol–water partition coefficient (Wildman–Crippen LogP) is 1.30. The minimum absolute atomic E-state index is 0.0251. The predicted molar refractivity (Wildman–Crippen MR) is 73.3 cm³/mol. The molecule has 2 rings (SSSR count). The minimum Gasteiger partial charge on any atom is -0.354 e. The van der Waals surface area contributed by atoms with E-state index in [-0.39, 0.29) is 17.7 Å². The molecule has 0 radical (unpaired) electrons. The number of aromatic nitrogens is 1. The SMILES string of the molecule is CC(=O)c1c(C)[nH]c(C(=O)NC(CN)C2CC2)c1C. The van der Waals surface area contributed by atoms with E-state index in [0.717, 1.165) is 18.5 Å². The highest BCUT2D eigenvalue weighted by atomic mass is 16.2. The molecule has 1 aromatic rings. The van der Waals surface area contributed by atoms with Gasteiger partial charge in [0.1, 0.15) is 5.69 Å². The Bertz CT molecular complexity index is 515. The van der Waals surface area contributed by atoms with Gasteiger partial charge in [-0.2, -0.15) is 0 Å². The second-order valence-electron chi connectivity index (χ2n) is 5.33. The zero-order valence-corrected chi connectivity index (χ0v) is 11.7. The van der Waals surface area contributed by atoms with Crippen LogP contribution in [0.5, 0.6) is 0 Å². The van der Waals surface area contributed by atoms with E-state index in [1.807, 2.05) is 6.92 Å². The molecule has 104 valence electrons. The lowest BCUT2D eigenvalue weighted by Gasteiger charge is -2.15. The Morgan fingerprint density at radius 3 is 2.47 bits per heavy atom. The first-order valence-corrected chi connectivity index (χ1v) is 6.66. The summed E-state index contributed by atoms with van der Waals surface area (Å²) in [6, 6.07) is 0.0382. The highest BCUT2D eigenvalue weighted by molar-refractivity contribution is 6.02. The minimum atomic E-state index is -0.171. The van der Waals surface area contributed by atoms with Crippen LogP contribution >= 0.6 is 0 Å². The summed E-state index contributed by atoms with van der Waals surface area (Å²) in [5.74, 6) is 0.316. The molecule has 1 heterocycles. The molecule has 0 aromatic carbocycles. The van der Waals surface area contributed by atoms with Gasteiger partial charge in [0.05, 0.1) is 0 Å². The Morgan fingerprint density at radius 2 is 2.05 bits per heavy atom. The number of ketones is 1. The summed E-state index contributed by atoms with van der Waals surface area (Å²) >= 11 is 0. The molecule has 1 fully saturated rings. The smallest absolute Gasteiger partial charge is 0.268 e. The molecule has 0 aliphatic heterocycles. The molecule has 4 N–H and O–H groups in total. The summed E-state index contributed by atoms with van der Waals surface area (Å²) in [7, 11) is 0. The van der Waals surface area contributed by atoms with Gasteiger partial charge in [0.25, 0.3) is 5.91 Å². The number of hydrogen-bond acceptors (Lipinski definition) is 3. The van der Waals surface area contributed by atoms with E-state index in [4.69, 9.17) is 5.73 Å². The number of carbonyl (C=O) groups excluding carboxylic acids is 2. The maximum absolute atomic E-state index is 12.2. The molecule has 0 spiro atoms. The Morgan fingerprint density at radius 1 is 1.42 bits per heavy atom. The number of H-pyrrole nitrogens is 1. The lowest BCUT2D eigenvalue weighted by molar-refractivity contribution is 0.0928. The highest BCUT2D eigenvalue weighted by Crippen LogP contribution is 2.32. The fraction of sp³-hybridized carbons (Fsp3) is 0.571. The van der Waals surface area contributed by atoms with Crippen molar-refractivity contribution in [2.45, 2.75) is 39.7 Å². The Balaban J connectivity index is 2.19. The van der Waals surface area contributed by atoms with Gasteiger partial charge in [-0.05, 0) is 45.1 Å². The summed E-state index contributed by atoms with van der Waals surface area (Å²) < 4.78 is 0. The van der Waals surface area contributed by atoms with Gasteiger partial charge >= 0.3 is 0 Å². The van der Waals surface area contributed by atoms with Crippen LogP contribution in [0.15, 0.2) is 0 Å². The fourth-order valence-electron chi connectivity index (χ4n) is 2.61. The van der Waals surface area contributed by atoms with Crippen molar-refractivity contribution in [3.05, 3.63) is 22.5 Å². The molecular formula is C14H21N3O2. The first-order valence-electron chi connectivity index (χ1n) is 6.66. The van der Waals surface area contributed by atoms with E-state index in [0.29, 0.717) is 29.3 Å². The number of aryl methyl sites for hydroxylation is 1. The molecule has 0 saturated heterocycles. The summed E-state index contributed by atoms with van der Waals surface area (Å²) in [5, 5.41) is 2.96. The van der Waals surface area contributed by atoms with Crippen molar-refractivity contribution in [2.75, 3.05) is 6.54 Å². The molecular weight excluding hydrogens is 242 g/mol. The summed E-state index contributed by atoms with van der Waals surface area (Å²) in [4.78, 5) is 26.8. The lowest BCUT2D eigenvalue weighted by atomic mass is 10.1. The van der Waals surface area contributed by atoms with Gasteiger partial charge in [0.2, 0.25) is 0 Å². The summed E-state index contributed by atoms with van der Waals surface area (Å²) in [6.45, 7) is 5.57. The number of aromatic amines is 1. The van der Waals surface area contributed by atoms with Crippen molar-refractivity contribution >= 4 is 11.7 Å². The van der Waals surface area contributed by atoms with E-state index < -0.39 is 0 Å². The molecule has 1 saturated carbocycles. The molecule has 1 unspecified atom stereocenters. The van der Waals surface area contributed by atoms with Crippen LogP contribution in [0.4, 0.5) is 0 Å². The molecule has 5 nitrogen and oxygen atoms in total. The normalized spacial score (nSPS) is 16.2. The number of nitrogens with one attached hydrogen (secondary N) is 2. The van der Waals surface area contributed by atoms with Gasteiger partial charge in [0, 0.05) is 23.8 Å². The number of Topliss-reactive ketones (excluding diaryl/α,β-unsaturated/α-hetero) is 1. The number of amides is 1. The first-order chi connectivity index (χ1) is 8.95. The maximum atomic E-state index is 12.2. The lowest BCUT2D eigenvalue weighted by Crippen LogP contribution is -2.42. The summed E-state index contributed by atoms with van der Waals surface area (Å²) in [5.41, 5.74) is 8.23. The van der Waals surface area contributed by atoms with Crippen LogP contribution in [0.3, 0.4) is 0 Å². The molecule has 0 bridgehead atoms. The van der Waals surface area contributed by atoms with Crippen LogP contribution in [-0.4, -0.2) is 29.3 Å². The van der Waals surface area contributed by atoms with Crippen molar-refractivity contribution in [1.82, 2.24) is 10.3 Å². The summed E-state index contributed by atoms with van der Waals surface area (Å²) in [6.07, 6.45) is 2.26. The Hall–Kier alpha value is -1.62. The standard InChI is InChI=1S/C14H21N3O2/c1-7-12(9(3)18)8(2)16-13(7)14(19)17-11(6-15)10-4-5-10/h10-11,16H,4-6,15H2,1-3H3,(H,17,19). The van der Waals surface area contributed by atoms with E-state index in [2.05, 4.69) is 10.3 Å². The van der Waals surface area contributed by atoms with Gasteiger partial charge in [-0.25, -0.2) is 0 Å². The van der Waals surface area contributed by atoms with E-state index in [1.54, 1.807) is 6.92 Å². The molecule has 19 heavy (non-hydrogen) atoms. The molecule has 1 amide bonds. The van der Waals surface area contributed by atoms with Crippen LogP contribution in [-0.2, 0) is 0 Å². The zero-order valence-electron chi connectivity index (χ0n) is 11.7. The Labute approximate surface area is 112 Å². The van der Waals surface area contributed by atoms with Crippen LogP contribution in [0.2, 0.25) is 0 Å². The average Bonchev–Trinajstić information content (AvgIpc) is 3.12. The number of rotatable bonds is 5. The van der Waals surface area contributed by atoms with Gasteiger partial charge in [0.15, 0.2) is 5.78 Å². The molecule has 5 heteroatoms. The van der Waals surface area contributed by atoms with Crippen LogP contribution < -0.4 is 11.1 Å². The van der Waals surface area contributed by atoms with Crippen LogP contribution in [0.25, 0.3) is 0 Å². The van der Waals surface area contributed by atoms with Gasteiger partial charge < -0.3 is 16.0 Å². The number of hydrogen-bond donors (Lipinski definition) is 3. The van der Waals surface area contributed by atoms with Gasteiger partial charge in [-0.1, -0.05) is 0 Å². The van der Waals surface area contributed by atoms with Crippen LogP contribution in [0, 0.1) is 19.8 Å². The first kappa shape index (κ1) is 13.8. The second-order valence-corrected chi connectivity index (χ2v) is 5.33. The second kappa shape index (κ2) is 5.17. The molecule has 1 aliphatic carbocycles. The van der Waals surface area contributed by atoms with Crippen molar-refractivity contribution in [3.63, 3.8) is 0 Å². The van der Waals surface area contributed by atoms with Crippen molar-refractivity contribution in [2.24, 2.45) is 11.7 Å². The molecule has 1 atom stereocenters. The topological polar surface area (TPSA) is 88.0 Å². The van der Waals surface area contributed by atoms with E-state index >= 15 is 0 Å². The number of nitrogens with two attached hydrogens (primary N) is 1. The third-order valence-corrected chi connectivity index (χ3v) is 3.78. The maximum Gasteiger partial charge on any atom is 0.268 e. The Kier molecular flexibility index (Phi) is 3.75. The fourth-order valence-corrected chi connectivity index (χ4v) is 2.61. The monoisotopic (exact) mass is 263 g/mol.